The summed E-state index contributed by atoms with van der Waals surface area (Å²) in [5.41, 5.74) is 9.86. The van der Waals surface area contributed by atoms with Gasteiger partial charge in [0.25, 0.3) is 5.91 Å². The molecule has 2 fully saturated rings. The van der Waals surface area contributed by atoms with Crippen molar-refractivity contribution in [1.82, 2.24) is 25.4 Å². The number of hydrogen-bond donors (Lipinski definition) is 4. The second kappa shape index (κ2) is 10.4. The number of halogens is 4. The number of nitrogens with zero attached hydrogens (tertiary/aromatic N) is 4. The zero-order chi connectivity index (χ0) is 28.5. The summed E-state index contributed by atoms with van der Waals surface area (Å²) in [5, 5.41) is 16.9. The van der Waals surface area contributed by atoms with E-state index in [4.69, 9.17) is 27.2 Å². The third-order valence-corrected chi connectivity index (χ3v) is 6.82. The first-order valence-electron chi connectivity index (χ1n) is 11.5. The van der Waals surface area contributed by atoms with Crippen LogP contribution in [0, 0.1) is 0 Å². The lowest BCUT2D eigenvalue weighted by Crippen LogP contribution is -2.55. The maximum Gasteiger partial charge on any atom is 0.490 e. The maximum atomic E-state index is 12.3. The molecule has 1 aromatic carbocycles. The molecule has 2 aliphatic heterocycles. The second-order valence-electron chi connectivity index (χ2n) is 8.98. The summed E-state index contributed by atoms with van der Waals surface area (Å²) in [6.07, 6.45) is 1.38. The number of nitrogens with one attached hydrogen (secondary N) is 2. The molecule has 2 aliphatic rings. The summed E-state index contributed by atoms with van der Waals surface area (Å²) in [6, 6.07) is 7.66. The Labute approximate surface area is 224 Å². The van der Waals surface area contributed by atoms with Crippen LogP contribution >= 0.6 is 11.6 Å². The van der Waals surface area contributed by atoms with Gasteiger partial charge in [0.1, 0.15) is 16.4 Å². The second-order valence-corrected chi connectivity index (χ2v) is 9.36. The van der Waals surface area contributed by atoms with E-state index in [1.54, 1.807) is 10.9 Å². The molecule has 0 radical (unpaired) electrons. The number of carbonyl (C=O) groups is 3. The fraction of sp³-hybridized carbons (Fsp3) is 0.292. The number of benzene rings is 1. The molecular weight excluding hydrogens is 543 g/mol. The van der Waals surface area contributed by atoms with Crippen molar-refractivity contribution in [2.24, 2.45) is 7.05 Å². The number of pyridine rings is 1. The lowest BCUT2D eigenvalue weighted by atomic mass is 9.87. The van der Waals surface area contributed by atoms with Crippen LogP contribution in [0.4, 0.5) is 29.5 Å². The predicted octanol–water partition coefficient (Wildman–Crippen LogP) is 3.20. The number of nitrogens with two attached hydrogens (primary N) is 1. The number of amides is 3. The number of alkyl halides is 3. The molecule has 206 valence electrons. The van der Waals surface area contributed by atoms with Crippen molar-refractivity contribution >= 4 is 41.0 Å². The number of carboxylic acid groups (broad SMARTS) is 1. The number of hydrogen-bond acceptors (Lipinski definition) is 7. The van der Waals surface area contributed by atoms with Gasteiger partial charge in [0.05, 0.1) is 11.9 Å². The van der Waals surface area contributed by atoms with Crippen molar-refractivity contribution < 1.29 is 32.7 Å². The van der Waals surface area contributed by atoms with E-state index in [-0.39, 0.29) is 11.7 Å². The molecule has 5 rings (SSSR count). The molecule has 5 N–H and O–H groups in total. The molecule has 1 spiro atoms. The third-order valence-electron chi connectivity index (χ3n) is 6.44. The van der Waals surface area contributed by atoms with Gasteiger partial charge < -0.3 is 21.1 Å². The minimum Gasteiger partial charge on any atom is -0.475 e. The van der Waals surface area contributed by atoms with Gasteiger partial charge in [0.2, 0.25) is 0 Å². The lowest BCUT2D eigenvalue weighted by Gasteiger charge is -2.39. The standard InChI is InChI=1S/C22H22ClN7O2.C2HF3O2/c1-29-12-15(10-26-29)13-2-4-14(5-3-13)16-11-25-19(24)17(23)18(16)30-8-6-22(7-9-30)20(31)27-21(32)28-22;3-2(4,5)1(6)7/h2-5,10-12H,6-9H2,1H3,(H2,24,25)(H2,27,28,31,32);(H,6,7). The highest BCUT2D eigenvalue weighted by Crippen LogP contribution is 2.41. The molecule has 15 heteroatoms. The molecule has 0 atom stereocenters. The lowest BCUT2D eigenvalue weighted by molar-refractivity contribution is -0.192. The summed E-state index contributed by atoms with van der Waals surface area (Å²) in [6.45, 7) is 1.08. The Morgan fingerprint density at radius 2 is 1.69 bits per heavy atom. The Hall–Kier alpha value is -4.33. The van der Waals surface area contributed by atoms with E-state index in [1.807, 2.05) is 43.7 Å². The van der Waals surface area contributed by atoms with E-state index in [9.17, 15) is 22.8 Å². The number of piperidine rings is 1. The Morgan fingerprint density at radius 3 is 2.18 bits per heavy atom. The Balaban J connectivity index is 0.000000448. The Morgan fingerprint density at radius 1 is 1.10 bits per heavy atom. The van der Waals surface area contributed by atoms with Crippen LogP contribution in [-0.2, 0) is 16.6 Å². The van der Waals surface area contributed by atoms with Crippen LogP contribution < -0.4 is 21.3 Å². The number of aryl methyl sites for hydroxylation is 1. The molecule has 3 amide bonds. The highest BCUT2D eigenvalue weighted by molar-refractivity contribution is 6.36. The number of nitrogen functional groups attached to an aromatic ring is 1. The largest absolute Gasteiger partial charge is 0.490 e. The predicted molar refractivity (Wildman–Crippen MR) is 136 cm³/mol. The first-order valence-corrected chi connectivity index (χ1v) is 11.9. The molecule has 39 heavy (non-hydrogen) atoms. The van der Waals surface area contributed by atoms with Gasteiger partial charge in [-0.2, -0.15) is 18.3 Å². The molecule has 3 aromatic rings. The van der Waals surface area contributed by atoms with Gasteiger partial charge in [-0.1, -0.05) is 35.9 Å². The molecule has 0 saturated carbocycles. The molecule has 0 bridgehead atoms. The Bertz CT molecular complexity index is 1420. The summed E-state index contributed by atoms with van der Waals surface area (Å²) in [7, 11) is 1.88. The molecule has 2 saturated heterocycles. The molecule has 2 aromatic heterocycles. The normalized spacial score (nSPS) is 16.4. The summed E-state index contributed by atoms with van der Waals surface area (Å²) >= 11 is 6.63. The van der Waals surface area contributed by atoms with Crippen molar-refractivity contribution in [2.45, 2.75) is 24.6 Å². The van der Waals surface area contributed by atoms with E-state index in [0.29, 0.717) is 31.0 Å². The van der Waals surface area contributed by atoms with Crippen LogP contribution in [0.5, 0.6) is 0 Å². The third kappa shape index (κ3) is 5.74. The topological polar surface area (TPSA) is 155 Å². The number of anilines is 2. The highest BCUT2D eigenvalue weighted by Gasteiger charge is 2.48. The van der Waals surface area contributed by atoms with Crippen LogP contribution in [0.3, 0.4) is 0 Å². The van der Waals surface area contributed by atoms with E-state index in [2.05, 4.69) is 25.6 Å². The van der Waals surface area contributed by atoms with E-state index in [0.717, 1.165) is 27.9 Å². The number of urea groups is 1. The Kier molecular flexibility index (Phi) is 7.41. The highest BCUT2D eigenvalue weighted by atomic mass is 35.5. The molecule has 0 aliphatic carbocycles. The quantitative estimate of drug-likeness (QED) is 0.353. The van der Waals surface area contributed by atoms with Gasteiger partial charge in [-0.15, -0.1) is 0 Å². The van der Waals surface area contributed by atoms with E-state index < -0.39 is 23.7 Å². The van der Waals surface area contributed by atoms with Gasteiger partial charge in [-0.25, -0.2) is 14.6 Å². The number of imide groups is 1. The molecule has 0 unspecified atom stereocenters. The van der Waals surface area contributed by atoms with Crippen LogP contribution in [0.25, 0.3) is 22.3 Å². The molecule has 11 nitrogen and oxygen atoms in total. The van der Waals surface area contributed by atoms with Gasteiger partial charge in [-0.05, 0) is 24.0 Å². The minimum atomic E-state index is -5.08. The van der Waals surface area contributed by atoms with Gasteiger partial charge in [0, 0.05) is 43.7 Å². The SMILES string of the molecule is Cn1cc(-c2ccc(-c3cnc(N)c(Cl)c3N3CCC4(CC3)NC(=O)NC4=O)cc2)cn1.O=C(O)C(F)(F)F. The van der Waals surface area contributed by atoms with Gasteiger partial charge in [0.15, 0.2) is 0 Å². The number of rotatable bonds is 3. The number of carbonyl (C=O) groups excluding carboxylic acids is 2. The number of aliphatic carboxylic acids is 1. The summed E-state index contributed by atoms with van der Waals surface area (Å²) in [5.74, 6) is -2.77. The average Bonchev–Trinajstić information content (AvgIpc) is 3.43. The van der Waals surface area contributed by atoms with Crippen molar-refractivity contribution in [3.05, 3.63) is 47.9 Å². The fourth-order valence-electron chi connectivity index (χ4n) is 4.42. The molecule has 4 heterocycles. The fourth-order valence-corrected chi connectivity index (χ4v) is 4.69. The first kappa shape index (κ1) is 27.7. The summed E-state index contributed by atoms with van der Waals surface area (Å²) in [4.78, 5) is 39.2. The van der Waals surface area contributed by atoms with Crippen LogP contribution in [0.15, 0.2) is 42.9 Å². The zero-order valence-electron chi connectivity index (χ0n) is 20.4. The first-order chi connectivity index (χ1) is 18.3. The summed E-state index contributed by atoms with van der Waals surface area (Å²) < 4.78 is 33.5. The minimum absolute atomic E-state index is 0.254. The van der Waals surface area contributed by atoms with Gasteiger partial charge in [-0.3, -0.25) is 14.8 Å². The van der Waals surface area contributed by atoms with Crippen LogP contribution in [-0.4, -0.2) is 62.6 Å². The van der Waals surface area contributed by atoms with Crippen molar-refractivity contribution in [3.8, 4) is 22.3 Å². The van der Waals surface area contributed by atoms with E-state index in [1.165, 1.54) is 0 Å². The van der Waals surface area contributed by atoms with Crippen molar-refractivity contribution in [1.29, 1.82) is 0 Å². The smallest absolute Gasteiger partial charge is 0.475 e. The van der Waals surface area contributed by atoms with Crippen molar-refractivity contribution in [3.63, 3.8) is 0 Å². The number of carboxylic acids is 1. The van der Waals surface area contributed by atoms with E-state index >= 15 is 0 Å². The van der Waals surface area contributed by atoms with Gasteiger partial charge >= 0.3 is 18.2 Å². The zero-order valence-corrected chi connectivity index (χ0v) is 21.2. The van der Waals surface area contributed by atoms with Crippen LogP contribution in [0.2, 0.25) is 5.02 Å². The number of aromatic nitrogens is 3. The van der Waals surface area contributed by atoms with Crippen molar-refractivity contribution in [2.75, 3.05) is 23.7 Å². The maximum absolute atomic E-state index is 12.3. The monoisotopic (exact) mass is 565 g/mol. The van der Waals surface area contributed by atoms with Crippen LogP contribution in [0.1, 0.15) is 12.8 Å². The average molecular weight is 566 g/mol. The molecular formula is C24H23ClF3N7O4.